The van der Waals surface area contributed by atoms with Crippen LogP contribution in [0.3, 0.4) is 0 Å². The SMILES string of the molecule is CCc1nc(C(NC2CC2)c2ccc(F)cc2F)sc1C. The van der Waals surface area contributed by atoms with Gasteiger partial charge in [-0.1, -0.05) is 13.0 Å². The van der Waals surface area contributed by atoms with Crippen LogP contribution < -0.4 is 5.32 Å². The quantitative estimate of drug-likeness (QED) is 0.898. The highest BCUT2D eigenvalue weighted by molar-refractivity contribution is 7.11. The highest BCUT2D eigenvalue weighted by atomic mass is 32.1. The Labute approximate surface area is 127 Å². The minimum absolute atomic E-state index is 0.290. The average Bonchev–Trinajstić information content (AvgIpc) is 3.18. The second-order valence-electron chi connectivity index (χ2n) is 5.45. The summed E-state index contributed by atoms with van der Waals surface area (Å²) in [5, 5.41) is 4.30. The zero-order valence-corrected chi connectivity index (χ0v) is 12.9. The standard InChI is InChI=1S/C16H18F2N2S/c1-3-14-9(2)21-16(20-14)15(19-11-5-6-11)12-7-4-10(17)8-13(12)18/h4,7-8,11,15,19H,3,5-6H2,1-2H3. The number of hydrogen-bond donors (Lipinski definition) is 1. The molecule has 5 heteroatoms. The van der Waals surface area contributed by atoms with E-state index in [9.17, 15) is 8.78 Å². The zero-order chi connectivity index (χ0) is 15.0. The summed E-state index contributed by atoms with van der Waals surface area (Å²) in [6.07, 6.45) is 3.07. The van der Waals surface area contributed by atoms with E-state index >= 15 is 0 Å². The number of aryl methyl sites for hydroxylation is 2. The van der Waals surface area contributed by atoms with Crippen molar-refractivity contribution >= 4 is 11.3 Å². The first-order valence-corrected chi connectivity index (χ1v) is 8.07. The van der Waals surface area contributed by atoms with Crippen LogP contribution >= 0.6 is 11.3 Å². The molecule has 1 atom stereocenters. The smallest absolute Gasteiger partial charge is 0.131 e. The summed E-state index contributed by atoms with van der Waals surface area (Å²) < 4.78 is 27.3. The first-order chi connectivity index (χ1) is 10.1. The lowest BCUT2D eigenvalue weighted by atomic mass is 10.1. The number of hydrogen-bond acceptors (Lipinski definition) is 3. The minimum atomic E-state index is -0.550. The van der Waals surface area contributed by atoms with Crippen LogP contribution in [0, 0.1) is 18.6 Å². The highest BCUT2D eigenvalue weighted by Gasteiger charge is 2.30. The van der Waals surface area contributed by atoms with Crippen molar-refractivity contribution in [2.24, 2.45) is 0 Å². The Balaban J connectivity index is 1.99. The van der Waals surface area contributed by atoms with E-state index in [0.717, 1.165) is 40.9 Å². The molecule has 1 aliphatic rings. The molecular weight excluding hydrogens is 290 g/mol. The molecule has 0 radical (unpaired) electrons. The third-order valence-electron chi connectivity index (χ3n) is 3.74. The Bertz CT molecular complexity index is 650. The molecule has 3 rings (SSSR count). The van der Waals surface area contributed by atoms with Gasteiger partial charge in [-0.3, -0.25) is 0 Å². The van der Waals surface area contributed by atoms with E-state index in [2.05, 4.69) is 17.2 Å². The molecule has 1 unspecified atom stereocenters. The number of nitrogens with one attached hydrogen (secondary N) is 1. The van der Waals surface area contributed by atoms with Crippen molar-refractivity contribution in [1.82, 2.24) is 10.3 Å². The number of benzene rings is 1. The summed E-state index contributed by atoms with van der Waals surface area (Å²) in [4.78, 5) is 5.81. The molecule has 0 saturated heterocycles. The van der Waals surface area contributed by atoms with Gasteiger partial charge < -0.3 is 5.32 Å². The van der Waals surface area contributed by atoms with E-state index in [-0.39, 0.29) is 6.04 Å². The Morgan fingerprint density at radius 2 is 2.14 bits per heavy atom. The van der Waals surface area contributed by atoms with Crippen molar-refractivity contribution < 1.29 is 8.78 Å². The third-order valence-corrected chi connectivity index (χ3v) is 4.82. The molecular formula is C16H18F2N2S. The van der Waals surface area contributed by atoms with Crippen LogP contribution in [0.1, 0.15) is 46.9 Å². The molecule has 0 bridgehead atoms. The molecule has 2 aromatic rings. The maximum absolute atomic E-state index is 14.1. The van der Waals surface area contributed by atoms with Gasteiger partial charge in [-0.15, -0.1) is 11.3 Å². The van der Waals surface area contributed by atoms with Crippen LogP contribution in [0.15, 0.2) is 18.2 Å². The molecule has 1 aliphatic carbocycles. The van der Waals surface area contributed by atoms with E-state index in [1.165, 1.54) is 12.1 Å². The molecule has 1 heterocycles. The second kappa shape index (κ2) is 5.81. The lowest BCUT2D eigenvalue weighted by Gasteiger charge is -2.17. The Morgan fingerprint density at radius 3 is 2.71 bits per heavy atom. The topological polar surface area (TPSA) is 24.9 Å². The Hall–Kier alpha value is -1.33. The highest BCUT2D eigenvalue weighted by Crippen LogP contribution is 2.33. The maximum Gasteiger partial charge on any atom is 0.131 e. The van der Waals surface area contributed by atoms with E-state index in [1.807, 2.05) is 6.92 Å². The van der Waals surface area contributed by atoms with Gasteiger partial charge in [0.2, 0.25) is 0 Å². The van der Waals surface area contributed by atoms with Crippen molar-refractivity contribution in [3.63, 3.8) is 0 Å². The fourth-order valence-corrected chi connectivity index (χ4v) is 3.51. The number of rotatable bonds is 5. The van der Waals surface area contributed by atoms with Crippen molar-refractivity contribution in [2.75, 3.05) is 0 Å². The summed E-state index contributed by atoms with van der Waals surface area (Å²) in [6.45, 7) is 4.10. The van der Waals surface area contributed by atoms with Gasteiger partial charge in [0.05, 0.1) is 11.7 Å². The van der Waals surface area contributed by atoms with Gasteiger partial charge in [0.15, 0.2) is 0 Å². The molecule has 1 aromatic heterocycles. The molecule has 0 amide bonds. The number of halogens is 2. The van der Waals surface area contributed by atoms with Crippen LogP contribution in [0.5, 0.6) is 0 Å². The summed E-state index contributed by atoms with van der Waals surface area (Å²) in [6, 6.07) is 3.89. The predicted molar refractivity (Wildman–Crippen MR) is 80.6 cm³/mol. The molecule has 21 heavy (non-hydrogen) atoms. The third kappa shape index (κ3) is 3.14. The molecule has 112 valence electrons. The van der Waals surface area contributed by atoms with E-state index in [1.54, 1.807) is 11.3 Å². The first-order valence-electron chi connectivity index (χ1n) is 7.25. The van der Waals surface area contributed by atoms with Crippen molar-refractivity contribution in [2.45, 2.75) is 45.2 Å². The predicted octanol–water partition coefficient (Wildman–Crippen LogP) is 4.13. The van der Waals surface area contributed by atoms with Crippen molar-refractivity contribution in [3.05, 3.63) is 51.0 Å². The van der Waals surface area contributed by atoms with Crippen LogP contribution in [0.25, 0.3) is 0 Å². The Morgan fingerprint density at radius 1 is 1.38 bits per heavy atom. The van der Waals surface area contributed by atoms with Gasteiger partial charge in [0.25, 0.3) is 0 Å². The van der Waals surface area contributed by atoms with Crippen LogP contribution in [0.4, 0.5) is 8.78 Å². The normalized spacial score (nSPS) is 16.2. The van der Waals surface area contributed by atoms with Gasteiger partial charge in [0, 0.05) is 22.5 Å². The number of thiazole rings is 1. The molecule has 2 nitrogen and oxygen atoms in total. The largest absolute Gasteiger partial charge is 0.301 e. The van der Waals surface area contributed by atoms with Gasteiger partial charge in [-0.25, -0.2) is 13.8 Å². The van der Waals surface area contributed by atoms with E-state index in [4.69, 9.17) is 0 Å². The number of aromatic nitrogens is 1. The summed E-state index contributed by atoms with van der Waals surface area (Å²) in [7, 11) is 0. The van der Waals surface area contributed by atoms with Gasteiger partial charge in [-0.2, -0.15) is 0 Å². The molecule has 1 N–H and O–H groups in total. The number of nitrogens with zero attached hydrogens (tertiary/aromatic N) is 1. The van der Waals surface area contributed by atoms with Crippen LogP contribution in [-0.4, -0.2) is 11.0 Å². The average molecular weight is 308 g/mol. The molecule has 1 fully saturated rings. The molecule has 1 saturated carbocycles. The van der Waals surface area contributed by atoms with Gasteiger partial charge >= 0.3 is 0 Å². The van der Waals surface area contributed by atoms with Crippen LogP contribution in [-0.2, 0) is 6.42 Å². The Kier molecular flexibility index (Phi) is 4.04. The van der Waals surface area contributed by atoms with E-state index < -0.39 is 11.6 Å². The minimum Gasteiger partial charge on any atom is -0.301 e. The monoisotopic (exact) mass is 308 g/mol. The van der Waals surface area contributed by atoms with Crippen molar-refractivity contribution in [1.29, 1.82) is 0 Å². The fraction of sp³-hybridized carbons (Fsp3) is 0.438. The summed E-state index contributed by atoms with van der Waals surface area (Å²) in [5.41, 5.74) is 1.53. The maximum atomic E-state index is 14.1. The van der Waals surface area contributed by atoms with Crippen LogP contribution in [0.2, 0.25) is 0 Å². The molecule has 1 aromatic carbocycles. The van der Waals surface area contributed by atoms with Crippen molar-refractivity contribution in [3.8, 4) is 0 Å². The second-order valence-corrected chi connectivity index (χ2v) is 6.68. The fourth-order valence-electron chi connectivity index (χ4n) is 2.42. The summed E-state index contributed by atoms with van der Waals surface area (Å²) >= 11 is 1.59. The zero-order valence-electron chi connectivity index (χ0n) is 12.1. The molecule has 0 aliphatic heterocycles. The summed E-state index contributed by atoms with van der Waals surface area (Å²) in [5.74, 6) is -1.06. The first kappa shape index (κ1) is 14.6. The van der Waals surface area contributed by atoms with Gasteiger partial charge in [-0.05, 0) is 32.3 Å². The lowest BCUT2D eigenvalue weighted by Crippen LogP contribution is -2.25. The van der Waals surface area contributed by atoms with E-state index in [0.29, 0.717) is 11.6 Å². The van der Waals surface area contributed by atoms with Gasteiger partial charge in [0.1, 0.15) is 16.6 Å². The molecule has 0 spiro atoms. The lowest BCUT2D eigenvalue weighted by molar-refractivity contribution is 0.530.